The quantitative estimate of drug-likeness (QED) is 0.641. The second-order valence-electron chi connectivity index (χ2n) is 10.8. The van der Waals surface area contributed by atoms with Gasteiger partial charge in [-0.25, -0.2) is 0 Å². The Morgan fingerprint density at radius 3 is 2.33 bits per heavy atom. The lowest BCUT2D eigenvalue weighted by Crippen LogP contribution is -2.38. The Hall–Kier alpha value is -1.57. The Bertz CT molecular complexity index is 782. The van der Waals surface area contributed by atoms with E-state index in [9.17, 15) is 9.90 Å². The summed E-state index contributed by atoms with van der Waals surface area (Å²) in [5, 5.41) is 9.96. The number of allylic oxidation sites excluding steroid dienone is 2. The number of carbonyl (C=O) groups is 1. The molecule has 1 N–H and O–H groups in total. The summed E-state index contributed by atoms with van der Waals surface area (Å²) in [6.07, 6.45) is 4.09. The molecular weight excluding hydrogens is 332 g/mol. The number of Topliss-reactive ketones (excluding diaryl/α,β-unsaturated/α-hetero) is 1. The molecule has 0 aromatic heterocycles. The molecule has 0 radical (unpaired) electrons. The second kappa shape index (κ2) is 6.79. The molecule has 2 aliphatic rings. The van der Waals surface area contributed by atoms with Crippen molar-refractivity contribution >= 4 is 5.78 Å². The van der Waals surface area contributed by atoms with Crippen molar-refractivity contribution in [1.29, 1.82) is 0 Å². The maximum atomic E-state index is 13.2. The zero-order chi connectivity index (χ0) is 20.1. The molecule has 2 nitrogen and oxygen atoms in total. The summed E-state index contributed by atoms with van der Waals surface area (Å²) in [5.74, 6) is 1.97. The van der Waals surface area contributed by atoms with Gasteiger partial charge in [0.05, 0.1) is 0 Å². The van der Waals surface area contributed by atoms with Crippen molar-refractivity contribution in [3.63, 3.8) is 0 Å². The van der Waals surface area contributed by atoms with Crippen LogP contribution in [0.1, 0.15) is 84.3 Å². The Morgan fingerprint density at radius 2 is 1.74 bits per heavy atom. The minimum Gasteiger partial charge on any atom is -0.508 e. The van der Waals surface area contributed by atoms with E-state index < -0.39 is 0 Å². The minimum absolute atomic E-state index is 0.107. The molecule has 3 atom stereocenters. The number of benzene rings is 1. The second-order valence-corrected chi connectivity index (χ2v) is 10.8. The van der Waals surface area contributed by atoms with Crippen molar-refractivity contribution < 1.29 is 9.90 Å². The number of rotatable bonds is 2. The van der Waals surface area contributed by atoms with Gasteiger partial charge in [0.25, 0.3) is 0 Å². The lowest BCUT2D eigenvalue weighted by atomic mass is 9.58. The van der Waals surface area contributed by atoms with Crippen LogP contribution >= 0.6 is 0 Å². The summed E-state index contributed by atoms with van der Waals surface area (Å²) >= 11 is 0. The van der Waals surface area contributed by atoms with Crippen LogP contribution in [0.2, 0.25) is 0 Å². The number of phenols is 1. The van der Waals surface area contributed by atoms with Crippen LogP contribution in [0.3, 0.4) is 0 Å². The molecule has 2 heteroatoms. The van der Waals surface area contributed by atoms with E-state index in [1.54, 1.807) is 6.07 Å². The van der Waals surface area contributed by atoms with Crippen LogP contribution in [-0.2, 0) is 4.79 Å². The largest absolute Gasteiger partial charge is 0.508 e. The fourth-order valence-corrected chi connectivity index (χ4v) is 6.25. The summed E-state index contributed by atoms with van der Waals surface area (Å²) in [4.78, 5) is 13.2. The van der Waals surface area contributed by atoms with Crippen LogP contribution in [0.15, 0.2) is 29.3 Å². The third kappa shape index (κ3) is 3.86. The van der Waals surface area contributed by atoms with Crippen LogP contribution in [0.5, 0.6) is 5.75 Å². The number of carbonyl (C=O) groups excluding carboxylic acids is 1. The van der Waals surface area contributed by atoms with E-state index >= 15 is 0 Å². The van der Waals surface area contributed by atoms with Gasteiger partial charge in [0.15, 0.2) is 5.78 Å². The minimum atomic E-state index is -0.107. The summed E-state index contributed by atoms with van der Waals surface area (Å²) in [6.45, 7) is 15.6. The highest BCUT2D eigenvalue weighted by Gasteiger charge is 2.44. The van der Waals surface area contributed by atoms with Gasteiger partial charge in [0.1, 0.15) is 5.75 Å². The highest BCUT2D eigenvalue weighted by Crippen LogP contribution is 2.53. The van der Waals surface area contributed by atoms with E-state index in [0.29, 0.717) is 35.2 Å². The van der Waals surface area contributed by atoms with E-state index in [4.69, 9.17) is 0 Å². The number of aryl methyl sites for hydroxylation is 1. The molecule has 1 fully saturated rings. The third-order valence-electron chi connectivity index (χ3n) is 6.91. The Balaban J connectivity index is 2.09. The number of hydrogen-bond donors (Lipinski definition) is 1. The standard InChI is InChI=1S/C25H36O2/c1-15-10-19(13-24(4,5)12-15)22-17(3)23(25(6,7)14-21(22)27)18-8-9-20(26)16(2)11-18/h8-9,11,15,19,23,26H,10,12-14H2,1-7H3. The molecule has 0 amide bonds. The molecular formula is C25H36O2. The topological polar surface area (TPSA) is 37.3 Å². The smallest absolute Gasteiger partial charge is 0.159 e. The first kappa shape index (κ1) is 20.2. The van der Waals surface area contributed by atoms with E-state index in [1.807, 2.05) is 13.0 Å². The molecule has 0 aliphatic heterocycles. The summed E-state index contributed by atoms with van der Waals surface area (Å²) < 4.78 is 0. The van der Waals surface area contributed by atoms with Gasteiger partial charge >= 0.3 is 0 Å². The molecule has 27 heavy (non-hydrogen) atoms. The number of aromatic hydroxyl groups is 1. The first-order chi connectivity index (χ1) is 12.4. The summed E-state index contributed by atoms with van der Waals surface area (Å²) in [5.41, 5.74) is 4.70. The number of ketones is 1. The van der Waals surface area contributed by atoms with Gasteiger partial charge in [-0.05, 0) is 78.5 Å². The van der Waals surface area contributed by atoms with Crippen LogP contribution < -0.4 is 0 Å². The van der Waals surface area contributed by atoms with Gasteiger partial charge in [0, 0.05) is 12.3 Å². The van der Waals surface area contributed by atoms with Gasteiger partial charge in [-0.2, -0.15) is 0 Å². The average Bonchev–Trinajstić information content (AvgIpc) is 2.47. The molecule has 3 unspecified atom stereocenters. The van der Waals surface area contributed by atoms with Crippen molar-refractivity contribution in [2.24, 2.45) is 22.7 Å². The lowest BCUT2D eigenvalue weighted by Gasteiger charge is -2.45. The SMILES string of the molecule is CC1=C(C2CC(C)CC(C)(C)C2)C(=O)CC(C)(C)C1c1ccc(O)c(C)c1. The molecule has 1 aromatic rings. The summed E-state index contributed by atoms with van der Waals surface area (Å²) in [7, 11) is 0. The first-order valence-corrected chi connectivity index (χ1v) is 10.4. The molecule has 1 saturated carbocycles. The molecule has 0 bridgehead atoms. The molecule has 0 heterocycles. The van der Waals surface area contributed by atoms with Crippen molar-refractivity contribution in [2.75, 3.05) is 0 Å². The Kier molecular flexibility index (Phi) is 5.08. The van der Waals surface area contributed by atoms with Gasteiger partial charge in [0.2, 0.25) is 0 Å². The van der Waals surface area contributed by atoms with E-state index in [-0.39, 0.29) is 11.3 Å². The predicted octanol–water partition coefficient (Wildman–Crippen LogP) is 6.56. The van der Waals surface area contributed by atoms with Crippen LogP contribution in [0, 0.1) is 29.6 Å². The normalized spacial score (nSPS) is 30.5. The van der Waals surface area contributed by atoms with Crippen LogP contribution in [0.25, 0.3) is 0 Å². The van der Waals surface area contributed by atoms with Crippen molar-refractivity contribution in [3.05, 3.63) is 40.5 Å². The monoisotopic (exact) mass is 368 g/mol. The molecule has 1 aromatic carbocycles. The first-order valence-electron chi connectivity index (χ1n) is 10.4. The number of phenolic OH excluding ortho intramolecular Hbond substituents is 1. The van der Waals surface area contributed by atoms with Gasteiger partial charge in [-0.3, -0.25) is 4.79 Å². The molecule has 3 rings (SSSR count). The van der Waals surface area contributed by atoms with Gasteiger partial charge < -0.3 is 5.11 Å². The van der Waals surface area contributed by atoms with Crippen LogP contribution in [-0.4, -0.2) is 10.9 Å². The van der Waals surface area contributed by atoms with E-state index in [1.165, 1.54) is 17.6 Å². The zero-order valence-corrected chi connectivity index (χ0v) is 18.1. The van der Waals surface area contributed by atoms with E-state index in [2.05, 4.69) is 47.6 Å². The highest BCUT2D eigenvalue weighted by molar-refractivity contribution is 5.98. The number of hydrogen-bond acceptors (Lipinski definition) is 2. The lowest BCUT2D eigenvalue weighted by molar-refractivity contribution is -0.119. The maximum Gasteiger partial charge on any atom is 0.159 e. The van der Waals surface area contributed by atoms with Crippen molar-refractivity contribution in [2.45, 2.75) is 80.1 Å². The van der Waals surface area contributed by atoms with Crippen molar-refractivity contribution in [3.8, 4) is 5.75 Å². The fourth-order valence-electron chi connectivity index (χ4n) is 6.25. The van der Waals surface area contributed by atoms with Gasteiger partial charge in [-0.1, -0.05) is 52.3 Å². The Morgan fingerprint density at radius 1 is 1.07 bits per heavy atom. The van der Waals surface area contributed by atoms with Gasteiger partial charge in [-0.15, -0.1) is 0 Å². The van der Waals surface area contributed by atoms with E-state index in [0.717, 1.165) is 24.0 Å². The predicted molar refractivity (Wildman–Crippen MR) is 112 cm³/mol. The molecule has 2 aliphatic carbocycles. The Labute approximate surface area is 165 Å². The molecule has 148 valence electrons. The maximum absolute atomic E-state index is 13.2. The summed E-state index contributed by atoms with van der Waals surface area (Å²) in [6, 6.07) is 5.95. The van der Waals surface area contributed by atoms with Crippen LogP contribution in [0.4, 0.5) is 0 Å². The highest BCUT2D eigenvalue weighted by atomic mass is 16.3. The average molecular weight is 369 g/mol. The molecule has 0 saturated heterocycles. The van der Waals surface area contributed by atoms with Crippen molar-refractivity contribution in [1.82, 2.24) is 0 Å². The molecule has 0 spiro atoms. The fraction of sp³-hybridized carbons (Fsp3) is 0.640. The third-order valence-corrected chi connectivity index (χ3v) is 6.91. The zero-order valence-electron chi connectivity index (χ0n) is 18.1.